The Morgan fingerprint density at radius 3 is 1.44 bits per heavy atom. The van der Waals surface area contributed by atoms with Gasteiger partial charge in [0.2, 0.25) is 0 Å². The molecule has 0 saturated heterocycles. The van der Waals surface area contributed by atoms with Crippen molar-refractivity contribution in [2.45, 2.75) is 110 Å². The number of primary amides is 1. The Hall–Kier alpha value is -0.990. The lowest BCUT2D eigenvalue weighted by Crippen LogP contribution is -2.36. The Morgan fingerprint density at radius 1 is 0.760 bits per heavy atom. The Morgan fingerprint density at radius 2 is 1.12 bits per heavy atom. The van der Waals surface area contributed by atoms with Crippen LogP contribution in [-0.4, -0.2) is 24.0 Å². The van der Waals surface area contributed by atoms with Crippen molar-refractivity contribution in [3.05, 3.63) is 12.7 Å². The molecular formula is C22H44N2O. The Labute approximate surface area is 157 Å². The molecule has 0 saturated carbocycles. The molecule has 0 radical (unpaired) electrons. The van der Waals surface area contributed by atoms with Gasteiger partial charge in [0, 0.05) is 13.1 Å². The average Bonchev–Trinajstić information content (AvgIpc) is 2.60. The second kappa shape index (κ2) is 19.3. The molecular weight excluding hydrogens is 308 g/mol. The van der Waals surface area contributed by atoms with E-state index in [4.69, 9.17) is 5.73 Å². The van der Waals surface area contributed by atoms with E-state index in [1.54, 1.807) is 11.0 Å². The second-order valence-corrected chi connectivity index (χ2v) is 7.38. The monoisotopic (exact) mass is 352 g/mol. The molecule has 148 valence electrons. The highest BCUT2D eigenvalue weighted by Crippen LogP contribution is 2.13. The summed E-state index contributed by atoms with van der Waals surface area (Å²) in [6.07, 6.45) is 23.6. The molecule has 0 rings (SSSR count). The Kier molecular flexibility index (Phi) is 18.6. The van der Waals surface area contributed by atoms with Crippen molar-refractivity contribution in [2.24, 2.45) is 5.73 Å². The predicted octanol–water partition coefficient (Wildman–Crippen LogP) is 6.81. The Balaban J connectivity index is 3.18. The number of hydrogen-bond acceptors (Lipinski definition) is 1. The van der Waals surface area contributed by atoms with E-state index in [1.807, 2.05) is 0 Å². The summed E-state index contributed by atoms with van der Waals surface area (Å²) in [5.41, 5.74) is 5.33. The van der Waals surface area contributed by atoms with E-state index in [9.17, 15) is 4.79 Å². The number of hydrogen-bond donors (Lipinski definition) is 1. The highest BCUT2D eigenvalue weighted by molar-refractivity contribution is 5.72. The molecule has 0 aliphatic heterocycles. The summed E-state index contributed by atoms with van der Waals surface area (Å²) >= 11 is 0. The zero-order chi connectivity index (χ0) is 18.6. The number of unbranched alkanes of at least 4 members (excludes halogenated alkanes) is 15. The molecule has 0 bridgehead atoms. The highest BCUT2D eigenvalue weighted by Gasteiger charge is 2.06. The minimum atomic E-state index is -0.333. The van der Waals surface area contributed by atoms with E-state index in [-0.39, 0.29) is 6.03 Å². The maximum absolute atomic E-state index is 11.2. The summed E-state index contributed by atoms with van der Waals surface area (Å²) in [5, 5.41) is 0. The number of amides is 2. The van der Waals surface area contributed by atoms with Crippen LogP contribution in [-0.2, 0) is 0 Å². The minimum absolute atomic E-state index is 0.333. The lowest BCUT2D eigenvalue weighted by molar-refractivity contribution is 0.212. The fourth-order valence-electron chi connectivity index (χ4n) is 3.30. The standard InChI is InChI=1S/C22H44N2O/c1-3-5-6-7-8-9-10-11-12-13-14-15-16-17-18-19-21-24(20-4-2)22(23)25/h4H,2-3,5-21H2,1H3,(H2,23,25). The molecule has 0 fully saturated rings. The fourth-order valence-corrected chi connectivity index (χ4v) is 3.30. The van der Waals surface area contributed by atoms with E-state index in [2.05, 4.69) is 13.5 Å². The lowest BCUT2D eigenvalue weighted by atomic mass is 10.0. The van der Waals surface area contributed by atoms with Crippen molar-refractivity contribution < 1.29 is 4.79 Å². The van der Waals surface area contributed by atoms with Gasteiger partial charge in [-0.3, -0.25) is 0 Å². The SMILES string of the molecule is C=CCN(CCCCCCCCCCCCCCCCCC)C(N)=O. The number of carbonyl (C=O) groups excluding carboxylic acids is 1. The highest BCUT2D eigenvalue weighted by atomic mass is 16.2. The quantitative estimate of drug-likeness (QED) is 0.201. The number of nitrogens with two attached hydrogens (primary N) is 1. The van der Waals surface area contributed by atoms with Gasteiger partial charge in [-0.15, -0.1) is 6.58 Å². The van der Waals surface area contributed by atoms with Gasteiger partial charge in [0.05, 0.1) is 0 Å². The summed E-state index contributed by atoms with van der Waals surface area (Å²) in [6.45, 7) is 7.26. The van der Waals surface area contributed by atoms with Crippen LogP contribution < -0.4 is 5.73 Å². The van der Waals surface area contributed by atoms with Crippen molar-refractivity contribution >= 4 is 6.03 Å². The van der Waals surface area contributed by atoms with Crippen LogP contribution in [0.5, 0.6) is 0 Å². The summed E-state index contributed by atoms with van der Waals surface area (Å²) < 4.78 is 0. The van der Waals surface area contributed by atoms with E-state index < -0.39 is 0 Å². The maximum Gasteiger partial charge on any atom is 0.315 e. The summed E-state index contributed by atoms with van der Waals surface area (Å²) in [6, 6.07) is -0.333. The first-order chi connectivity index (χ1) is 12.2. The topological polar surface area (TPSA) is 46.3 Å². The normalized spacial score (nSPS) is 10.8. The molecule has 0 aliphatic rings. The van der Waals surface area contributed by atoms with Gasteiger partial charge in [0.1, 0.15) is 0 Å². The first-order valence-electron chi connectivity index (χ1n) is 10.9. The van der Waals surface area contributed by atoms with Crippen LogP contribution in [0.1, 0.15) is 110 Å². The maximum atomic E-state index is 11.2. The first kappa shape index (κ1) is 24.0. The van der Waals surface area contributed by atoms with Gasteiger partial charge in [-0.25, -0.2) is 4.79 Å². The van der Waals surface area contributed by atoms with Crippen molar-refractivity contribution in [3.63, 3.8) is 0 Å². The van der Waals surface area contributed by atoms with Crippen molar-refractivity contribution in [1.29, 1.82) is 0 Å². The van der Waals surface area contributed by atoms with Gasteiger partial charge in [-0.1, -0.05) is 109 Å². The third kappa shape index (κ3) is 17.6. The number of carbonyl (C=O) groups is 1. The summed E-state index contributed by atoms with van der Waals surface area (Å²) in [4.78, 5) is 12.8. The first-order valence-corrected chi connectivity index (χ1v) is 10.9. The largest absolute Gasteiger partial charge is 0.351 e. The lowest BCUT2D eigenvalue weighted by Gasteiger charge is -2.18. The van der Waals surface area contributed by atoms with Crippen molar-refractivity contribution in [3.8, 4) is 0 Å². The van der Waals surface area contributed by atoms with E-state index in [0.29, 0.717) is 6.54 Å². The van der Waals surface area contributed by atoms with Gasteiger partial charge < -0.3 is 10.6 Å². The minimum Gasteiger partial charge on any atom is -0.351 e. The second-order valence-electron chi connectivity index (χ2n) is 7.38. The molecule has 25 heavy (non-hydrogen) atoms. The third-order valence-corrected chi connectivity index (χ3v) is 4.94. The molecule has 0 aliphatic carbocycles. The van der Waals surface area contributed by atoms with Crippen molar-refractivity contribution in [2.75, 3.05) is 13.1 Å². The molecule has 0 heterocycles. The van der Waals surface area contributed by atoms with Gasteiger partial charge in [-0.05, 0) is 6.42 Å². The molecule has 0 aromatic rings. The van der Waals surface area contributed by atoms with Gasteiger partial charge in [0.25, 0.3) is 0 Å². The summed E-state index contributed by atoms with van der Waals surface area (Å²) in [7, 11) is 0. The number of urea groups is 1. The van der Waals surface area contributed by atoms with Crippen LogP contribution in [0.4, 0.5) is 4.79 Å². The molecule has 0 atom stereocenters. The smallest absolute Gasteiger partial charge is 0.315 e. The number of nitrogens with zero attached hydrogens (tertiary/aromatic N) is 1. The molecule has 0 aromatic carbocycles. The third-order valence-electron chi connectivity index (χ3n) is 4.94. The van der Waals surface area contributed by atoms with Crippen LogP contribution in [0, 0.1) is 0 Å². The molecule has 3 heteroatoms. The predicted molar refractivity (Wildman–Crippen MR) is 111 cm³/mol. The molecule has 3 nitrogen and oxygen atoms in total. The van der Waals surface area contributed by atoms with Crippen LogP contribution in [0.3, 0.4) is 0 Å². The molecule has 2 amide bonds. The van der Waals surface area contributed by atoms with Gasteiger partial charge in [0.15, 0.2) is 0 Å². The van der Waals surface area contributed by atoms with E-state index in [0.717, 1.165) is 13.0 Å². The van der Waals surface area contributed by atoms with Crippen LogP contribution >= 0.6 is 0 Å². The van der Waals surface area contributed by atoms with Crippen LogP contribution in [0.25, 0.3) is 0 Å². The summed E-state index contributed by atoms with van der Waals surface area (Å²) in [5.74, 6) is 0. The van der Waals surface area contributed by atoms with Gasteiger partial charge in [-0.2, -0.15) is 0 Å². The average molecular weight is 353 g/mol. The van der Waals surface area contributed by atoms with Crippen molar-refractivity contribution in [1.82, 2.24) is 4.90 Å². The zero-order valence-electron chi connectivity index (χ0n) is 16.9. The zero-order valence-corrected chi connectivity index (χ0v) is 16.9. The van der Waals surface area contributed by atoms with E-state index in [1.165, 1.54) is 96.3 Å². The molecule has 0 unspecified atom stereocenters. The fraction of sp³-hybridized carbons (Fsp3) is 0.864. The molecule has 0 aromatic heterocycles. The Bertz CT molecular complexity index is 304. The molecule has 0 spiro atoms. The molecule has 2 N–H and O–H groups in total. The number of rotatable bonds is 19. The van der Waals surface area contributed by atoms with Crippen LogP contribution in [0.15, 0.2) is 12.7 Å². The van der Waals surface area contributed by atoms with Gasteiger partial charge >= 0.3 is 6.03 Å². The van der Waals surface area contributed by atoms with Crippen LogP contribution in [0.2, 0.25) is 0 Å². The van der Waals surface area contributed by atoms with E-state index >= 15 is 0 Å².